The Hall–Kier alpha value is -0.760. The van der Waals surface area contributed by atoms with Gasteiger partial charge in [-0.05, 0) is 31.4 Å². The molecule has 23 heavy (non-hydrogen) atoms. The Labute approximate surface area is 156 Å². The Kier molecular flexibility index (Phi) is 11.1. The van der Waals surface area contributed by atoms with Crippen molar-refractivity contribution in [1.29, 1.82) is 0 Å². The molecular weight excluding hydrogens is 405 g/mol. The maximum atomic E-state index is 5.63. The van der Waals surface area contributed by atoms with Crippen molar-refractivity contribution in [2.45, 2.75) is 51.6 Å². The van der Waals surface area contributed by atoms with E-state index in [0.29, 0.717) is 6.10 Å². The molecule has 1 aliphatic heterocycles. The van der Waals surface area contributed by atoms with Crippen LogP contribution in [-0.2, 0) is 11.2 Å². The van der Waals surface area contributed by atoms with Crippen molar-refractivity contribution in [3.63, 3.8) is 0 Å². The second-order valence-corrected chi connectivity index (χ2v) is 5.71. The van der Waals surface area contributed by atoms with Crippen LogP contribution in [0.1, 0.15) is 44.8 Å². The zero-order valence-electron chi connectivity index (χ0n) is 14.1. The van der Waals surface area contributed by atoms with E-state index in [1.807, 2.05) is 12.1 Å². The molecule has 1 aliphatic rings. The molecule has 6 heteroatoms. The fourth-order valence-corrected chi connectivity index (χ4v) is 2.50. The van der Waals surface area contributed by atoms with Crippen LogP contribution >= 0.6 is 24.0 Å². The quantitative estimate of drug-likeness (QED) is 0.270. The van der Waals surface area contributed by atoms with Gasteiger partial charge in [0.05, 0.1) is 18.9 Å². The first-order valence-electron chi connectivity index (χ1n) is 8.54. The molecule has 0 aromatic carbocycles. The number of aliphatic imine (C=N–C) groups is 1. The summed E-state index contributed by atoms with van der Waals surface area (Å²) in [6.45, 7) is 5.62. The summed E-state index contributed by atoms with van der Waals surface area (Å²) in [7, 11) is 0. The second-order valence-electron chi connectivity index (χ2n) is 5.71. The van der Waals surface area contributed by atoms with Crippen LogP contribution in [0.4, 0.5) is 0 Å². The van der Waals surface area contributed by atoms with Crippen molar-refractivity contribution in [3.05, 3.63) is 24.2 Å². The monoisotopic (exact) mass is 435 g/mol. The summed E-state index contributed by atoms with van der Waals surface area (Å²) < 4.78 is 11.0. The largest absolute Gasteiger partial charge is 0.469 e. The Morgan fingerprint density at radius 2 is 2.17 bits per heavy atom. The van der Waals surface area contributed by atoms with Crippen LogP contribution in [0.5, 0.6) is 0 Å². The minimum atomic E-state index is 0. The number of furan rings is 1. The van der Waals surface area contributed by atoms with Gasteiger partial charge in [-0.25, -0.2) is 0 Å². The Balaban J connectivity index is 0.00000264. The highest BCUT2D eigenvalue weighted by Gasteiger charge is 2.14. The molecule has 0 spiro atoms. The summed E-state index contributed by atoms with van der Waals surface area (Å²) in [5.74, 6) is 1.88. The van der Waals surface area contributed by atoms with E-state index in [1.165, 1.54) is 19.3 Å². The maximum Gasteiger partial charge on any atom is 0.191 e. The van der Waals surface area contributed by atoms with Gasteiger partial charge in [-0.3, -0.25) is 4.99 Å². The van der Waals surface area contributed by atoms with Crippen LogP contribution < -0.4 is 10.6 Å². The van der Waals surface area contributed by atoms with Gasteiger partial charge in [0, 0.05) is 26.1 Å². The number of halogens is 1. The van der Waals surface area contributed by atoms with Gasteiger partial charge in [0.25, 0.3) is 0 Å². The standard InChI is InChI=1S/C17H29N3O2.HI/c1-2-3-4-10-18-17(20-14-16-8-6-13-22-16)19-11-9-15-7-5-12-21-15;/h5,7,12,16H,2-4,6,8-11,13-14H2,1H3,(H2,18,19,20);1H. The van der Waals surface area contributed by atoms with E-state index in [0.717, 1.165) is 57.2 Å². The summed E-state index contributed by atoms with van der Waals surface area (Å²) in [6, 6.07) is 3.92. The molecule has 1 fully saturated rings. The predicted octanol–water partition coefficient (Wildman–Crippen LogP) is 3.34. The Morgan fingerprint density at radius 3 is 2.87 bits per heavy atom. The number of rotatable bonds is 9. The van der Waals surface area contributed by atoms with Crippen LogP contribution in [-0.4, -0.2) is 38.3 Å². The Morgan fingerprint density at radius 1 is 1.30 bits per heavy atom. The molecule has 1 saturated heterocycles. The zero-order chi connectivity index (χ0) is 15.5. The topological polar surface area (TPSA) is 58.8 Å². The molecule has 1 aromatic heterocycles. The fourth-order valence-electron chi connectivity index (χ4n) is 2.50. The molecule has 0 saturated carbocycles. The van der Waals surface area contributed by atoms with E-state index < -0.39 is 0 Å². The molecule has 2 N–H and O–H groups in total. The lowest BCUT2D eigenvalue weighted by molar-refractivity contribution is 0.117. The minimum Gasteiger partial charge on any atom is -0.469 e. The number of ether oxygens (including phenoxy) is 1. The van der Waals surface area contributed by atoms with Crippen LogP contribution in [0.15, 0.2) is 27.8 Å². The van der Waals surface area contributed by atoms with Crippen molar-refractivity contribution >= 4 is 29.9 Å². The molecule has 1 atom stereocenters. The van der Waals surface area contributed by atoms with Crippen LogP contribution in [0.25, 0.3) is 0 Å². The van der Waals surface area contributed by atoms with Gasteiger partial charge in [-0.1, -0.05) is 19.8 Å². The van der Waals surface area contributed by atoms with Gasteiger partial charge in [0.1, 0.15) is 5.76 Å². The van der Waals surface area contributed by atoms with Crippen LogP contribution in [0.3, 0.4) is 0 Å². The van der Waals surface area contributed by atoms with Crippen LogP contribution in [0.2, 0.25) is 0 Å². The lowest BCUT2D eigenvalue weighted by atomic mass is 10.2. The molecule has 0 aliphatic carbocycles. The zero-order valence-corrected chi connectivity index (χ0v) is 16.4. The van der Waals surface area contributed by atoms with Gasteiger partial charge in [-0.15, -0.1) is 24.0 Å². The molecular formula is C17H30IN3O2. The van der Waals surface area contributed by atoms with E-state index >= 15 is 0 Å². The molecule has 0 radical (unpaired) electrons. The van der Waals surface area contributed by atoms with Crippen molar-refractivity contribution < 1.29 is 9.15 Å². The molecule has 1 unspecified atom stereocenters. The van der Waals surface area contributed by atoms with E-state index in [-0.39, 0.29) is 24.0 Å². The predicted molar refractivity (Wildman–Crippen MR) is 105 cm³/mol. The van der Waals surface area contributed by atoms with Crippen molar-refractivity contribution in [2.24, 2.45) is 4.99 Å². The molecule has 1 aromatic rings. The third kappa shape index (κ3) is 8.60. The first-order chi connectivity index (χ1) is 10.9. The lowest BCUT2D eigenvalue weighted by Crippen LogP contribution is -2.39. The lowest BCUT2D eigenvalue weighted by Gasteiger charge is -2.13. The number of nitrogens with one attached hydrogen (secondary N) is 2. The van der Waals surface area contributed by atoms with Gasteiger partial charge in [0.15, 0.2) is 5.96 Å². The summed E-state index contributed by atoms with van der Waals surface area (Å²) in [5, 5.41) is 6.79. The number of nitrogens with zero attached hydrogens (tertiary/aromatic N) is 1. The summed E-state index contributed by atoms with van der Waals surface area (Å²) >= 11 is 0. The molecule has 132 valence electrons. The first kappa shape index (κ1) is 20.3. The van der Waals surface area contributed by atoms with Crippen molar-refractivity contribution in [2.75, 3.05) is 26.2 Å². The van der Waals surface area contributed by atoms with Gasteiger partial charge in [0.2, 0.25) is 0 Å². The SMILES string of the molecule is CCCCCNC(=NCC1CCCO1)NCCc1ccco1.I. The van der Waals surface area contributed by atoms with Crippen LogP contribution in [0, 0.1) is 0 Å². The third-order valence-corrected chi connectivity index (χ3v) is 3.79. The molecule has 2 heterocycles. The average Bonchev–Trinajstić information content (AvgIpc) is 3.21. The summed E-state index contributed by atoms with van der Waals surface area (Å²) in [4.78, 5) is 4.66. The highest BCUT2D eigenvalue weighted by Crippen LogP contribution is 2.11. The second kappa shape index (κ2) is 12.6. The van der Waals surface area contributed by atoms with E-state index in [4.69, 9.17) is 9.15 Å². The third-order valence-electron chi connectivity index (χ3n) is 3.79. The smallest absolute Gasteiger partial charge is 0.191 e. The van der Waals surface area contributed by atoms with Crippen molar-refractivity contribution in [1.82, 2.24) is 10.6 Å². The number of unbranched alkanes of at least 4 members (excludes halogenated alkanes) is 2. The normalized spacial score (nSPS) is 17.8. The summed E-state index contributed by atoms with van der Waals surface area (Å²) in [5.41, 5.74) is 0. The minimum absolute atomic E-state index is 0. The first-order valence-corrected chi connectivity index (χ1v) is 8.54. The fraction of sp³-hybridized carbons (Fsp3) is 0.706. The van der Waals surface area contributed by atoms with E-state index in [1.54, 1.807) is 6.26 Å². The highest BCUT2D eigenvalue weighted by atomic mass is 127. The van der Waals surface area contributed by atoms with Gasteiger partial charge >= 0.3 is 0 Å². The number of hydrogen-bond acceptors (Lipinski definition) is 3. The number of hydrogen-bond donors (Lipinski definition) is 2. The van der Waals surface area contributed by atoms with Gasteiger partial charge in [-0.2, -0.15) is 0 Å². The maximum absolute atomic E-state index is 5.63. The molecule has 5 nitrogen and oxygen atoms in total. The average molecular weight is 435 g/mol. The van der Waals surface area contributed by atoms with Crippen molar-refractivity contribution in [3.8, 4) is 0 Å². The molecule has 0 bridgehead atoms. The Bertz CT molecular complexity index is 417. The molecule has 2 rings (SSSR count). The van der Waals surface area contributed by atoms with E-state index in [9.17, 15) is 0 Å². The summed E-state index contributed by atoms with van der Waals surface area (Å²) in [6.07, 6.45) is 8.81. The number of guanidine groups is 1. The van der Waals surface area contributed by atoms with Gasteiger partial charge < -0.3 is 19.8 Å². The highest BCUT2D eigenvalue weighted by molar-refractivity contribution is 14.0. The molecule has 0 amide bonds. The van der Waals surface area contributed by atoms with E-state index in [2.05, 4.69) is 22.5 Å².